The summed E-state index contributed by atoms with van der Waals surface area (Å²) in [6.07, 6.45) is -7.18. The molecule has 104 valence electrons. The Bertz CT molecular complexity index is 515. The second kappa shape index (κ2) is 4.40. The van der Waals surface area contributed by atoms with Crippen LogP contribution in [-0.4, -0.2) is 18.3 Å². The number of hydrogen-bond acceptors (Lipinski definition) is 3. The van der Waals surface area contributed by atoms with Gasteiger partial charge in [0, 0.05) is 12.0 Å². The van der Waals surface area contributed by atoms with Crippen molar-refractivity contribution in [1.82, 2.24) is 0 Å². The van der Waals surface area contributed by atoms with E-state index < -0.39 is 36.1 Å². The zero-order chi connectivity index (χ0) is 14.3. The highest BCUT2D eigenvalue weighted by Crippen LogP contribution is 2.40. The highest BCUT2D eigenvalue weighted by molar-refractivity contribution is 5.73. The molecule has 2 rings (SSSR count). The Hall–Kier alpha value is -1.79. The quantitative estimate of drug-likeness (QED) is 0.802. The number of halogens is 4. The smallest absolute Gasteiger partial charge is 0.425 e. The molecular weight excluding hydrogens is 264 g/mol. The van der Waals surface area contributed by atoms with E-state index in [0.717, 1.165) is 0 Å². The number of aliphatic imine (C=N–C) groups is 1. The third-order valence-electron chi connectivity index (χ3n) is 3.02. The Labute approximate surface area is 107 Å². The number of nitrogens with zero attached hydrogens (tertiary/aromatic N) is 1. The van der Waals surface area contributed by atoms with Crippen LogP contribution in [0.4, 0.5) is 17.6 Å². The summed E-state index contributed by atoms with van der Waals surface area (Å²) in [7, 11) is 0. The first-order valence-electron chi connectivity index (χ1n) is 5.56. The SMILES string of the molecule is CC1(c2ccccc2F)CC(C(F)(F)F)OC(N)=N1. The summed E-state index contributed by atoms with van der Waals surface area (Å²) >= 11 is 0. The summed E-state index contributed by atoms with van der Waals surface area (Å²) in [5, 5.41) is 0. The standard InChI is InChI=1S/C12H12F4N2O/c1-11(7-4-2-3-5-8(7)13)6-9(12(14,15)16)19-10(17)18-11/h2-5,9H,6H2,1H3,(H2,17,18). The van der Waals surface area contributed by atoms with Crippen LogP contribution >= 0.6 is 0 Å². The van der Waals surface area contributed by atoms with Gasteiger partial charge in [0.1, 0.15) is 5.82 Å². The number of benzene rings is 1. The Morgan fingerprint density at radius 1 is 1.37 bits per heavy atom. The highest BCUT2D eigenvalue weighted by Gasteiger charge is 2.49. The summed E-state index contributed by atoms with van der Waals surface area (Å²) in [6, 6.07) is 4.97. The molecule has 1 aromatic carbocycles. The molecule has 0 amide bonds. The van der Waals surface area contributed by atoms with Gasteiger partial charge >= 0.3 is 6.18 Å². The molecule has 1 heterocycles. The van der Waals surface area contributed by atoms with Crippen LogP contribution in [0.5, 0.6) is 0 Å². The van der Waals surface area contributed by atoms with Gasteiger partial charge in [0.05, 0.1) is 5.54 Å². The van der Waals surface area contributed by atoms with Crippen molar-refractivity contribution in [3.63, 3.8) is 0 Å². The van der Waals surface area contributed by atoms with Crippen LogP contribution in [-0.2, 0) is 10.3 Å². The molecule has 0 saturated carbocycles. The van der Waals surface area contributed by atoms with E-state index in [1.807, 2.05) is 0 Å². The summed E-state index contributed by atoms with van der Waals surface area (Å²) in [5.41, 5.74) is 3.96. The number of hydrogen-bond donors (Lipinski definition) is 1. The van der Waals surface area contributed by atoms with Gasteiger partial charge in [-0.1, -0.05) is 18.2 Å². The third-order valence-corrected chi connectivity index (χ3v) is 3.02. The van der Waals surface area contributed by atoms with Crippen molar-refractivity contribution >= 4 is 6.02 Å². The molecule has 0 spiro atoms. The van der Waals surface area contributed by atoms with Crippen molar-refractivity contribution < 1.29 is 22.3 Å². The van der Waals surface area contributed by atoms with E-state index >= 15 is 0 Å². The molecule has 3 nitrogen and oxygen atoms in total. The zero-order valence-corrected chi connectivity index (χ0v) is 10.0. The molecule has 2 unspecified atom stereocenters. The van der Waals surface area contributed by atoms with Crippen LogP contribution in [0.15, 0.2) is 29.3 Å². The van der Waals surface area contributed by atoms with E-state index in [-0.39, 0.29) is 5.56 Å². The first-order chi connectivity index (χ1) is 8.72. The van der Waals surface area contributed by atoms with E-state index in [2.05, 4.69) is 9.73 Å². The summed E-state index contributed by atoms with van der Waals surface area (Å²) in [4.78, 5) is 3.84. The maximum Gasteiger partial charge on any atom is 0.425 e. The van der Waals surface area contributed by atoms with Crippen molar-refractivity contribution in [2.75, 3.05) is 0 Å². The molecule has 1 aliphatic heterocycles. The number of alkyl halides is 3. The van der Waals surface area contributed by atoms with Crippen molar-refractivity contribution in [3.8, 4) is 0 Å². The molecule has 7 heteroatoms. The molecule has 1 aromatic rings. The molecule has 2 N–H and O–H groups in total. The average Bonchev–Trinajstić information content (AvgIpc) is 2.27. The maximum atomic E-state index is 13.7. The van der Waals surface area contributed by atoms with Gasteiger partial charge in [0.25, 0.3) is 6.02 Å². The lowest BCUT2D eigenvalue weighted by molar-refractivity contribution is -0.208. The summed E-state index contributed by atoms with van der Waals surface area (Å²) in [6.45, 7) is 1.40. The number of ether oxygens (including phenoxy) is 1. The fraction of sp³-hybridized carbons (Fsp3) is 0.417. The molecule has 2 atom stereocenters. The maximum absolute atomic E-state index is 13.7. The van der Waals surface area contributed by atoms with Crippen molar-refractivity contribution in [1.29, 1.82) is 0 Å². The monoisotopic (exact) mass is 276 g/mol. The predicted octanol–water partition coefficient (Wildman–Crippen LogP) is 2.71. The highest BCUT2D eigenvalue weighted by atomic mass is 19.4. The molecule has 0 bridgehead atoms. The van der Waals surface area contributed by atoms with E-state index in [4.69, 9.17) is 5.73 Å². The lowest BCUT2D eigenvalue weighted by atomic mass is 9.85. The summed E-state index contributed by atoms with van der Waals surface area (Å²) < 4.78 is 56.5. The molecule has 0 aliphatic carbocycles. The van der Waals surface area contributed by atoms with Crippen LogP contribution in [0, 0.1) is 5.82 Å². The van der Waals surface area contributed by atoms with E-state index in [1.165, 1.54) is 31.2 Å². The van der Waals surface area contributed by atoms with Crippen LogP contribution < -0.4 is 5.73 Å². The Morgan fingerprint density at radius 2 is 2.00 bits per heavy atom. The largest absolute Gasteiger partial charge is 0.452 e. The van der Waals surface area contributed by atoms with Gasteiger partial charge in [-0.05, 0) is 13.0 Å². The van der Waals surface area contributed by atoms with Gasteiger partial charge in [0.2, 0.25) is 0 Å². The Morgan fingerprint density at radius 3 is 2.58 bits per heavy atom. The molecule has 0 fully saturated rings. The minimum absolute atomic E-state index is 0.0653. The fourth-order valence-electron chi connectivity index (χ4n) is 2.11. The first-order valence-corrected chi connectivity index (χ1v) is 5.56. The van der Waals surface area contributed by atoms with Gasteiger partial charge in [-0.3, -0.25) is 0 Å². The second-order valence-corrected chi connectivity index (χ2v) is 4.56. The van der Waals surface area contributed by atoms with Gasteiger partial charge in [-0.25, -0.2) is 9.38 Å². The van der Waals surface area contributed by atoms with Gasteiger partial charge < -0.3 is 10.5 Å². The molecular formula is C12H12F4N2O. The topological polar surface area (TPSA) is 47.6 Å². The zero-order valence-electron chi connectivity index (χ0n) is 10.0. The molecule has 0 aromatic heterocycles. The first kappa shape index (κ1) is 13.6. The minimum Gasteiger partial charge on any atom is -0.452 e. The summed E-state index contributed by atoms with van der Waals surface area (Å²) in [5.74, 6) is -0.621. The lowest BCUT2D eigenvalue weighted by Crippen LogP contribution is -2.46. The van der Waals surface area contributed by atoms with Crippen molar-refractivity contribution in [3.05, 3.63) is 35.6 Å². The molecule has 19 heavy (non-hydrogen) atoms. The molecule has 0 radical (unpaired) electrons. The van der Waals surface area contributed by atoms with Crippen LogP contribution in [0.25, 0.3) is 0 Å². The third kappa shape index (κ3) is 2.64. The fourth-order valence-corrected chi connectivity index (χ4v) is 2.11. The van der Waals surface area contributed by atoms with Gasteiger partial charge in [-0.15, -0.1) is 0 Å². The van der Waals surface area contributed by atoms with Crippen LogP contribution in [0.3, 0.4) is 0 Å². The predicted molar refractivity (Wildman–Crippen MR) is 60.9 cm³/mol. The van der Waals surface area contributed by atoms with Crippen LogP contribution in [0.1, 0.15) is 18.9 Å². The normalized spacial score (nSPS) is 27.6. The Balaban J connectivity index is 2.43. The van der Waals surface area contributed by atoms with E-state index in [1.54, 1.807) is 0 Å². The average molecular weight is 276 g/mol. The van der Waals surface area contributed by atoms with E-state index in [0.29, 0.717) is 0 Å². The lowest BCUT2D eigenvalue weighted by Gasteiger charge is -2.35. The van der Waals surface area contributed by atoms with Crippen molar-refractivity contribution in [2.24, 2.45) is 10.7 Å². The van der Waals surface area contributed by atoms with Gasteiger partial charge in [0.15, 0.2) is 6.10 Å². The second-order valence-electron chi connectivity index (χ2n) is 4.56. The minimum atomic E-state index is -4.58. The molecule has 0 saturated heterocycles. The number of rotatable bonds is 1. The molecule has 1 aliphatic rings. The van der Waals surface area contributed by atoms with Crippen molar-refractivity contribution in [2.45, 2.75) is 31.2 Å². The number of amidine groups is 1. The Kier molecular flexibility index (Phi) is 3.15. The van der Waals surface area contributed by atoms with Crippen LogP contribution in [0.2, 0.25) is 0 Å². The van der Waals surface area contributed by atoms with E-state index in [9.17, 15) is 17.6 Å². The van der Waals surface area contributed by atoms with Gasteiger partial charge in [-0.2, -0.15) is 13.2 Å². The number of nitrogens with two attached hydrogens (primary N) is 1.